The van der Waals surface area contributed by atoms with E-state index >= 15 is 0 Å². The van der Waals surface area contributed by atoms with Crippen LogP contribution in [0, 0.1) is 0 Å². The molecule has 2 atom stereocenters. The quantitative estimate of drug-likeness (QED) is 0.398. The summed E-state index contributed by atoms with van der Waals surface area (Å²) in [5.74, 6) is -2.77. The SMILES string of the molecule is CC(=O)N[C@@H](Cc1ccc([C@@H]2CC(=O)NS2(=O)=O)cc1)c1nc2ccccc2[nH]1.O=C(O)C(F)(F)F. The highest BCUT2D eigenvalue weighted by Gasteiger charge is 2.38. The number of aromatic nitrogens is 2. The molecule has 2 heterocycles. The summed E-state index contributed by atoms with van der Waals surface area (Å²) in [5, 5.41) is 9.17. The number of fused-ring (bicyclic) bond motifs is 1. The Hall–Kier alpha value is -3.94. The van der Waals surface area contributed by atoms with Gasteiger partial charge in [0, 0.05) is 6.92 Å². The number of rotatable bonds is 5. The van der Waals surface area contributed by atoms with Gasteiger partial charge in [0.05, 0.1) is 23.5 Å². The predicted octanol–water partition coefficient (Wildman–Crippen LogP) is 2.51. The Kier molecular flexibility index (Phi) is 7.67. The van der Waals surface area contributed by atoms with Gasteiger partial charge in [0.15, 0.2) is 0 Å². The number of benzene rings is 2. The molecule has 1 aromatic heterocycles. The van der Waals surface area contributed by atoms with E-state index in [2.05, 4.69) is 15.3 Å². The molecule has 0 spiro atoms. The van der Waals surface area contributed by atoms with E-state index in [0.717, 1.165) is 16.6 Å². The Morgan fingerprint density at radius 1 is 1.17 bits per heavy atom. The number of nitrogens with one attached hydrogen (secondary N) is 3. The van der Waals surface area contributed by atoms with Gasteiger partial charge in [-0.1, -0.05) is 36.4 Å². The van der Waals surface area contributed by atoms with Crippen molar-refractivity contribution in [3.8, 4) is 0 Å². The average Bonchev–Trinajstić information content (AvgIpc) is 3.32. The molecular formula is C22H21F3N4O6S. The molecule has 1 fully saturated rings. The van der Waals surface area contributed by atoms with E-state index in [4.69, 9.17) is 9.90 Å². The van der Waals surface area contributed by atoms with Crippen LogP contribution in [-0.4, -0.2) is 47.5 Å². The van der Waals surface area contributed by atoms with E-state index in [0.29, 0.717) is 17.8 Å². The van der Waals surface area contributed by atoms with E-state index in [1.807, 2.05) is 41.1 Å². The normalized spacial score (nSPS) is 17.6. The van der Waals surface area contributed by atoms with Crippen molar-refractivity contribution in [1.29, 1.82) is 0 Å². The first kappa shape index (κ1) is 26.7. The van der Waals surface area contributed by atoms with Gasteiger partial charge in [0.1, 0.15) is 11.1 Å². The molecule has 1 aliphatic rings. The second-order valence-corrected chi connectivity index (χ2v) is 9.77. The predicted molar refractivity (Wildman–Crippen MR) is 121 cm³/mol. The fourth-order valence-corrected chi connectivity index (χ4v) is 4.98. The molecule has 4 N–H and O–H groups in total. The first-order valence-electron chi connectivity index (χ1n) is 10.4. The highest BCUT2D eigenvalue weighted by atomic mass is 32.2. The van der Waals surface area contributed by atoms with Gasteiger partial charge in [-0.3, -0.25) is 14.3 Å². The number of hydrogen-bond donors (Lipinski definition) is 4. The standard InChI is InChI=1S/C20H20N4O4S.C2HF3O2/c1-12(25)21-17(20-22-15-4-2-3-5-16(15)23-20)10-13-6-8-14(9-7-13)18-11-19(26)24-29(18,27)28;3-2(4,5)1(6)7/h2-9,17-18H,10-11H2,1H3,(H,21,25)(H,22,23)(H,24,26);(H,6,7)/t17-,18-;/m0./s1. The molecule has 4 rings (SSSR count). The fourth-order valence-electron chi connectivity index (χ4n) is 3.55. The van der Waals surface area contributed by atoms with Crippen LogP contribution in [0.15, 0.2) is 48.5 Å². The van der Waals surface area contributed by atoms with Crippen LogP contribution in [0.1, 0.15) is 41.6 Å². The third-order valence-corrected chi connectivity index (χ3v) is 6.85. The Bertz CT molecular complexity index is 1350. The summed E-state index contributed by atoms with van der Waals surface area (Å²) in [6.07, 6.45) is -4.68. The Balaban J connectivity index is 0.000000454. The van der Waals surface area contributed by atoms with Crippen LogP contribution in [0.5, 0.6) is 0 Å². The number of carbonyl (C=O) groups excluding carboxylic acids is 2. The van der Waals surface area contributed by atoms with Crippen LogP contribution < -0.4 is 10.0 Å². The highest BCUT2D eigenvalue weighted by Crippen LogP contribution is 2.30. The second kappa shape index (κ2) is 10.4. The monoisotopic (exact) mass is 526 g/mol. The second-order valence-electron chi connectivity index (χ2n) is 7.90. The maximum Gasteiger partial charge on any atom is 0.490 e. The van der Waals surface area contributed by atoms with E-state index < -0.39 is 33.3 Å². The third kappa shape index (κ3) is 6.59. The minimum Gasteiger partial charge on any atom is -0.475 e. The number of sulfonamides is 1. The van der Waals surface area contributed by atoms with Gasteiger partial charge >= 0.3 is 12.1 Å². The van der Waals surface area contributed by atoms with Gasteiger partial charge in [-0.05, 0) is 29.7 Å². The summed E-state index contributed by atoms with van der Waals surface area (Å²) in [7, 11) is -3.67. The lowest BCUT2D eigenvalue weighted by molar-refractivity contribution is -0.192. The van der Waals surface area contributed by atoms with Gasteiger partial charge in [0.2, 0.25) is 21.8 Å². The maximum absolute atomic E-state index is 12.0. The molecule has 2 amide bonds. The van der Waals surface area contributed by atoms with E-state index in [9.17, 15) is 31.2 Å². The molecule has 3 aromatic rings. The van der Waals surface area contributed by atoms with E-state index in [1.54, 1.807) is 12.1 Å². The zero-order valence-electron chi connectivity index (χ0n) is 18.7. The minimum atomic E-state index is -5.08. The van der Waals surface area contributed by atoms with Gasteiger partial charge in [0.25, 0.3) is 0 Å². The van der Waals surface area contributed by atoms with Crippen molar-refractivity contribution in [1.82, 2.24) is 20.0 Å². The third-order valence-electron chi connectivity index (χ3n) is 5.15. The first-order chi connectivity index (χ1) is 16.8. The molecule has 10 nitrogen and oxygen atoms in total. The minimum absolute atomic E-state index is 0.0742. The first-order valence-corrected chi connectivity index (χ1v) is 12.0. The van der Waals surface area contributed by atoms with Gasteiger partial charge in [-0.2, -0.15) is 13.2 Å². The maximum atomic E-state index is 12.0. The number of alkyl halides is 3. The van der Waals surface area contributed by atoms with Gasteiger partial charge in [-0.25, -0.2) is 18.2 Å². The van der Waals surface area contributed by atoms with Crippen molar-refractivity contribution in [3.63, 3.8) is 0 Å². The van der Waals surface area contributed by atoms with E-state index in [-0.39, 0.29) is 18.4 Å². The van der Waals surface area contributed by atoms with Crippen molar-refractivity contribution in [3.05, 3.63) is 65.5 Å². The number of H-pyrrole nitrogens is 1. The van der Waals surface area contributed by atoms with E-state index in [1.165, 1.54) is 6.92 Å². The molecule has 2 aromatic carbocycles. The summed E-state index contributed by atoms with van der Waals surface area (Å²) >= 11 is 0. The number of aromatic amines is 1. The van der Waals surface area contributed by atoms with Crippen LogP contribution in [0.2, 0.25) is 0 Å². The molecule has 0 radical (unpaired) electrons. The summed E-state index contributed by atoms with van der Waals surface area (Å²) in [4.78, 5) is 39.9. The number of para-hydroxylation sites is 2. The molecule has 1 aliphatic heterocycles. The van der Waals surface area contributed by atoms with Gasteiger partial charge in [-0.15, -0.1) is 0 Å². The lowest BCUT2D eigenvalue weighted by Gasteiger charge is -2.16. The average molecular weight is 526 g/mol. The summed E-state index contributed by atoms with van der Waals surface area (Å²) in [6.45, 7) is 1.45. The summed E-state index contributed by atoms with van der Waals surface area (Å²) < 4.78 is 57.8. The van der Waals surface area contributed by atoms with Crippen LogP contribution in [0.4, 0.5) is 13.2 Å². The summed E-state index contributed by atoms with van der Waals surface area (Å²) in [6, 6.07) is 14.3. The van der Waals surface area contributed by atoms with Crippen molar-refractivity contribution in [2.24, 2.45) is 0 Å². The zero-order chi connectivity index (χ0) is 26.7. The fraction of sp³-hybridized carbons (Fsp3) is 0.273. The Morgan fingerprint density at radius 3 is 2.28 bits per heavy atom. The molecule has 0 aliphatic carbocycles. The van der Waals surface area contributed by atoms with Crippen molar-refractivity contribution in [2.75, 3.05) is 0 Å². The van der Waals surface area contributed by atoms with Crippen molar-refractivity contribution >= 4 is 38.8 Å². The number of hydrogen-bond acceptors (Lipinski definition) is 6. The number of carboxylic acids is 1. The number of carboxylic acid groups (broad SMARTS) is 1. The molecule has 36 heavy (non-hydrogen) atoms. The van der Waals surface area contributed by atoms with Crippen molar-refractivity contribution < 1.29 is 41.1 Å². The molecule has 1 saturated heterocycles. The Labute approximate surface area is 203 Å². The largest absolute Gasteiger partial charge is 0.490 e. The molecule has 0 bridgehead atoms. The van der Waals surface area contributed by atoms with Crippen LogP contribution in [0.3, 0.4) is 0 Å². The lowest BCUT2D eigenvalue weighted by Crippen LogP contribution is -2.28. The van der Waals surface area contributed by atoms with Gasteiger partial charge < -0.3 is 15.4 Å². The molecular weight excluding hydrogens is 505 g/mol. The molecule has 0 unspecified atom stereocenters. The highest BCUT2D eigenvalue weighted by molar-refractivity contribution is 7.90. The van der Waals surface area contributed by atoms with Crippen molar-refractivity contribution in [2.45, 2.75) is 37.2 Å². The zero-order valence-corrected chi connectivity index (χ0v) is 19.5. The van der Waals surface area contributed by atoms with Crippen LogP contribution in [0.25, 0.3) is 11.0 Å². The topological polar surface area (TPSA) is 158 Å². The number of nitrogens with zero attached hydrogens (tertiary/aromatic N) is 1. The smallest absolute Gasteiger partial charge is 0.475 e. The molecule has 14 heteroatoms. The Morgan fingerprint density at radius 2 is 1.78 bits per heavy atom. The summed E-state index contributed by atoms with van der Waals surface area (Å²) in [5.41, 5.74) is 3.17. The number of amides is 2. The molecule has 0 saturated carbocycles. The van der Waals surface area contributed by atoms with Crippen LogP contribution in [-0.2, 0) is 30.8 Å². The lowest BCUT2D eigenvalue weighted by atomic mass is 10.0. The number of aliphatic carboxylic acids is 1. The number of imidazole rings is 1. The number of halogens is 3. The molecule has 192 valence electrons. The number of carbonyl (C=O) groups is 3. The van der Waals surface area contributed by atoms with Crippen LogP contribution >= 0.6 is 0 Å².